The quantitative estimate of drug-likeness (QED) is 0.841. The first kappa shape index (κ1) is 19.4. The van der Waals surface area contributed by atoms with Gasteiger partial charge in [0.05, 0.1) is 13.0 Å². The summed E-state index contributed by atoms with van der Waals surface area (Å²) in [6.07, 6.45) is 1.36. The highest BCUT2D eigenvalue weighted by Crippen LogP contribution is 2.35. The summed E-state index contributed by atoms with van der Waals surface area (Å²) in [5.41, 5.74) is 1.56. The lowest BCUT2D eigenvalue weighted by Gasteiger charge is -2.43. The molecule has 1 aromatic heterocycles. The van der Waals surface area contributed by atoms with Gasteiger partial charge in [0.15, 0.2) is 0 Å². The number of fused-ring (bicyclic) bond motifs is 4. The molecule has 1 saturated heterocycles. The lowest BCUT2D eigenvalue weighted by atomic mass is 9.83. The van der Waals surface area contributed by atoms with Gasteiger partial charge in [-0.2, -0.15) is 0 Å². The standard InChI is InChI=1S/C22H25N3O4/c1-29-10-9-20(26)24-12-15-11-17(14-24)19-8-7-18(22(28)25(19)13-15)23-21(27)16-5-3-2-4-6-16/h2-8,15,17H,9-14H2,1H3,(H,23,27)/t15-,17-/m1/s1. The zero-order valence-electron chi connectivity index (χ0n) is 16.5. The summed E-state index contributed by atoms with van der Waals surface area (Å²) < 4.78 is 6.79. The Labute approximate surface area is 169 Å². The highest BCUT2D eigenvalue weighted by molar-refractivity contribution is 6.04. The number of likely N-dealkylation sites (tertiary alicyclic amines) is 1. The lowest BCUT2D eigenvalue weighted by molar-refractivity contribution is -0.134. The first-order chi connectivity index (χ1) is 14.1. The summed E-state index contributed by atoms with van der Waals surface area (Å²) in [7, 11) is 1.59. The Morgan fingerprint density at radius 1 is 1.10 bits per heavy atom. The molecular weight excluding hydrogens is 370 g/mol. The van der Waals surface area contributed by atoms with E-state index < -0.39 is 0 Å². The van der Waals surface area contributed by atoms with Crippen LogP contribution in [0.1, 0.15) is 34.8 Å². The van der Waals surface area contributed by atoms with Crippen LogP contribution in [-0.2, 0) is 16.1 Å². The van der Waals surface area contributed by atoms with E-state index in [2.05, 4.69) is 5.32 Å². The van der Waals surface area contributed by atoms with Gasteiger partial charge in [-0.3, -0.25) is 14.4 Å². The van der Waals surface area contributed by atoms with E-state index in [0.717, 1.165) is 12.1 Å². The Bertz CT molecular complexity index is 970. The van der Waals surface area contributed by atoms with Crippen LogP contribution in [0.15, 0.2) is 47.3 Å². The number of rotatable bonds is 5. The number of methoxy groups -OCH3 is 1. The van der Waals surface area contributed by atoms with E-state index in [4.69, 9.17) is 4.74 Å². The number of benzene rings is 1. The van der Waals surface area contributed by atoms with E-state index in [1.54, 1.807) is 42.0 Å². The normalized spacial score (nSPS) is 20.1. The van der Waals surface area contributed by atoms with Crippen molar-refractivity contribution in [3.63, 3.8) is 0 Å². The number of piperidine rings is 1. The molecular formula is C22H25N3O4. The van der Waals surface area contributed by atoms with Gasteiger partial charge in [0.2, 0.25) is 5.91 Å². The number of anilines is 1. The average Bonchev–Trinajstić information content (AvgIpc) is 2.74. The van der Waals surface area contributed by atoms with Gasteiger partial charge < -0.3 is 19.5 Å². The van der Waals surface area contributed by atoms with Crippen LogP contribution in [0.5, 0.6) is 0 Å². The van der Waals surface area contributed by atoms with Crippen LogP contribution < -0.4 is 10.9 Å². The minimum absolute atomic E-state index is 0.101. The van der Waals surface area contributed by atoms with Crippen molar-refractivity contribution in [3.05, 3.63) is 64.1 Å². The molecule has 1 fully saturated rings. The maximum atomic E-state index is 13.0. The number of carbonyl (C=O) groups excluding carboxylic acids is 2. The second kappa shape index (κ2) is 8.21. The van der Waals surface area contributed by atoms with Crippen molar-refractivity contribution in [1.82, 2.24) is 9.47 Å². The van der Waals surface area contributed by atoms with Gasteiger partial charge in [0.25, 0.3) is 11.5 Å². The number of pyridine rings is 1. The van der Waals surface area contributed by atoms with E-state index in [-0.39, 0.29) is 34.9 Å². The van der Waals surface area contributed by atoms with Gasteiger partial charge in [0, 0.05) is 43.9 Å². The maximum absolute atomic E-state index is 13.0. The molecule has 29 heavy (non-hydrogen) atoms. The zero-order chi connectivity index (χ0) is 20.4. The van der Waals surface area contributed by atoms with Crippen molar-refractivity contribution in [3.8, 4) is 0 Å². The monoisotopic (exact) mass is 395 g/mol. The molecule has 3 heterocycles. The van der Waals surface area contributed by atoms with Crippen molar-refractivity contribution in [2.45, 2.75) is 25.3 Å². The Balaban J connectivity index is 1.54. The second-order valence-electron chi connectivity index (χ2n) is 7.75. The molecule has 0 radical (unpaired) electrons. The molecule has 0 unspecified atom stereocenters. The Kier molecular flexibility index (Phi) is 5.49. The summed E-state index contributed by atoms with van der Waals surface area (Å²) in [6, 6.07) is 12.4. The van der Waals surface area contributed by atoms with E-state index in [9.17, 15) is 14.4 Å². The molecule has 7 nitrogen and oxygen atoms in total. The van der Waals surface area contributed by atoms with E-state index in [0.29, 0.717) is 38.2 Å². The molecule has 152 valence electrons. The highest BCUT2D eigenvalue weighted by Gasteiger charge is 2.36. The van der Waals surface area contributed by atoms with Crippen molar-refractivity contribution >= 4 is 17.5 Å². The molecule has 2 amide bonds. The fourth-order valence-electron chi connectivity index (χ4n) is 4.38. The predicted molar refractivity (Wildman–Crippen MR) is 109 cm³/mol. The minimum atomic E-state index is -0.297. The molecule has 7 heteroatoms. The molecule has 1 N–H and O–H groups in total. The largest absolute Gasteiger partial charge is 0.384 e. The molecule has 1 aromatic carbocycles. The number of nitrogens with zero attached hydrogens (tertiary/aromatic N) is 2. The predicted octanol–water partition coefficient (Wildman–Crippen LogP) is 2.08. The smallest absolute Gasteiger partial charge is 0.274 e. The SMILES string of the molecule is COCCC(=O)N1C[C@H]2C[C@H](C1)c1ccc(NC(=O)c3ccccc3)c(=O)n1C2. The molecule has 2 aromatic rings. The number of hydrogen-bond donors (Lipinski definition) is 1. The number of amides is 2. The zero-order valence-corrected chi connectivity index (χ0v) is 16.5. The van der Waals surface area contributed by atoms with Crippen molar-refractivity contribution in [2.24, 2.45) is 5.92 Å². The van der Waals surface area contributed by atoms with Crippen LogP contribution in [-0.4, -0.2) is 48.1 Å². The van der Waals surface area contributed by atoms with Crippen molar-refractivity contribution in [2.75, 3.05) is 32.1 Å². The number of aromatic nitrogens is 1. The molecule has 0 spiro atoms. The minimum Gasteiger partial charge on any atom is -0.384 e. The maximum Gasteiger partial charge on any atom is 0.274 e. The number of hydrogen-bond acceptors (Lipinski definition) is 4. The molecule has 2 aliphatic heterocycles. The van der Waals surface area contributed by atoms with E-state index in [1.165, 1.54) is 0 Å². The number of ether oxygens (including phenoxy) is 1. The average molecular weight is 395 g/mol. The third kappa shape index (κ3) is 3.96. The summed E-state index contributed by atoms with van der Waals surface area (Å²) in [6.45, 7) is 2.26. The van der Waals surface area contributed by atoms with Crippen LogP contribution in [0, 0.1) is 5.92 Å². The third-order valence-corrected chi connectivity index (χ3v) is 5.76. The van der Waals surface area contributed by atoms with Crippen molar-refractivity contribution in [1.29, 1.82) is 0 Å². The number of carbonyl (C=O) groups is 2. The van der Waals surface area contributed by atoms with Crippen molar-refractivity contribution < 1.29 is 14.3 Å². The fraction of sp³-hybridized carbons (Fsp3) is 0.409. The molecule has 0 aliphatic carbocycles. The molecule has 2 bridgehead atoms. The van der Waals surface area contributed by atoms with E-state index in [1.807, 2.05) is 17.0 Å². The van der Waals surface area contributed by atoms with Gasteiger partial charge in [0.1, 0.15) is 5.69 Å². The molecule has 2 atom stereocenters. The van der Waals surface area contributed by atoms with E-state index >= 15 is 0 Å². The Morgan fingerprint density at radius 2 is 1.90 bits per heavy atom. The first-order valence-electron chi connectivity index (χ1n) is 9.93. The molecule has 2 aliphatic rings. The van der Waals surface area contributed by atoms with Crippen LogP contribution in [0.25, 0.3) is 0 Å². The van der Waals surface area contributed by atoms with Gasteiger partial charge in [-0.1, -0.05) is 18.2 Å². The summed E-state index contributed by atoms with van der Waals surface area (Å²) >= 11 is 0. The second-order valence-corrected chi connectivity index (χ2v) is 7.75. The van der Waals surface area contributed by atoms with Crippen LogP contribution in [0.4, 0.5) is 5.69 Å². The van der Waals surface area contributed by atoms with Gasteiger partial charge in [-0.05, 0) is 36.6 Å². The van der Waals surface area contributed by atoms with Crippen LogP contribution >= 0.6 is 0 Å². The van der Waals surface area contributed by atoms with Gasteiger partial charge >= 0.3 is 0 Å². The third-order valence-electron chi connectivity index (χ3n) is 5.76. The molecule has 4 rings (SSSR count). The lowest BCUT2D eigenvalue weighted by Crippen LogP contribution is -2.49. The van der Waals surface area contributed by atoms with Gasteiger partial charge in [-0.15, -0.1) is 0 Å². The Hall–Kier alpha value is -2.93. The highest BCUT2D eigenvalue weighted by atomic mass is 16.5. The first-order valence-corrected chi connectivity index (χ1v) is 9.93. The van der Waals surface area contributed by atoms with Crippen LogP contribution in [0.2, 0.25) is 0 Å². The topological polar surface area (TPSA) is 80.6 Å². The Morgan fingerprint density at radius 3 is 2.66 bits per heavy atom. The summed E-state index contributed by atoms with van der Waals surface area (Å²) in [4.78, 5) is 39.7. The summed E-state index contributed by atoms with van der Waals surface area (Å²) in [5.74, 6) is 0.185. The van der Waals surface area contributed by atoms with Crippen LogP contribution in [0.3, 0.4) is 0 Å². The summed E-state index contributed by atoms with van der Waals surface area (Å²) in [5, 5.41) is 2.74. The van der Waals surface area contributed by atoms with Gasteiger partial charge in [-0.25, -0.2) is 0 Å². The molecule has 0 saturated carbocycles. The fourth-order valence-corrected chi connectivity index (χ4v) is 4.38. The number of nitrogens with one attached hydrogen (secondary N) is 1.